The second-order valence-corrected chi connectivity index (χ2v) is 4.49. The van der Waals surface area contributed by atoms with Crippen molar-refractivity contribution < 1.29 is 14.6 Å². The molecule has 5 nitrogen and oxygen atoms in total. The van der Waals surface area contributed by atoms with Crippen LogP contribution in [0.5, 0.6) is 5.75 Å². The Bertz CT molecular complexity index is 614. The minimum atomic E-state index is -0.311. The van der Waals surface area contributed by atoms with Gasteiger partial charge in [0.25, 0.3) is 0 Å². The number of aliphatic hydroxyl groups excluding tert-OH is 1. The van der Waals surface area contributed by atoms with E-state index in [4.69, 9.17) is 9.84 Å². The minimum absolute atomic E-state index is 0.0126. The summed E-state index contributed by atoms with van der Waals surface area (Å²) >= 11 is 0. The van der Waals surface area contributed by atoms with Gasteiger partial charge >= 0.3 is 6.03 Å². The standard InChI is InChI=1S/C16H18N2O3/c1-21-15-8-3-2-7-14(15)18-16(20)17-10-12-5-4-6-13(9-12)11-19/h2-9,19H,10-11H2,1H3,(H2,17,18,20). The van der Waals surface area contributed by atoms with Crippen LogP contribution in [0.3, 0.4) is 0 Å². The van der Waals surface area contributed by atoms with E-state index in [0.29, 0.717) is 18.0 Å². The molecule has 2 amide bonds. The zero-order valence-corrected chi connectivity index (χ0v) is 11.8. The summed E-state index contributed by atoms with van der Waals surface area (Å²) in [5, 5.41) is 14.6. The van der Waals surface area contributed by atoms with Gasteiger partial charge < -0.3 is 20.5 Å². The number of aliphatic hydroxyl groups is 1. The molecule has 0 heterocycles. The predicted octanol–water partition coefficient (Wildman–Crippen LogP) is 2.51. The van der Waals surface area contributed by atoms with Crippen molar-refractivity contribution >= 4 is 11.7 Å². The fraction of sp³-hybridized carbons (Fsp3) is 0.188. The van der Waals surface area contributed by atoms with Crippen LogP contribution in [-0.2, 0) is 13.2 Å². The molecule has 0 aliphatic heterocycles. The number of amides is 2. The second-order valence-electron chi connectivity index (χ2n) is 4.49. The molecule has 5 heteroatoms. The van der Waals surface area contributed by atoms with E-state index in [0.717, 1.165) is 11.1 Å². The topological polar surface area (TPSA) is 70.6 Å². The Balaban J connectivity index is 1.92. The molecule has 0 spiro atoms. The molecule has 0 saturated heterocycles. The third kappa shape index (κ3) is 4.22. The maximum absolute atomic E-state index is 11.9. The van der Waals surface area contributed by atoms with Gasteiger partial charge in [-0.05, 0) is 23.3 Å². The number of urea groups is 1. The number of hydrogen-bond acceptors (Lipinski definition) is 3. The van der Waals surface area contributed by atoms with Crippen molar-refractivity contribution in [3.8, 4) is 5.75 Å². The maximum atomic E-state index is 11.9. The summed E-state index contributed by atoms with van der Waals surface area (Å²) < 4.78 is 5.17. The summed E-state index contributed by atoms with van der Waals surface area (Å²) in [5.41, 5.74) is 2.36. The van der Waals surface area contributed by atoms with Gasteiger partial charge in [0, 0.05) is 6.54 Å². The van der Waals surface area contributed by atoms with E-state index in [-0.39, 0.29) is 12.6 Å². The third-order valence-electron chi connectivity index (χ3n) is 2.98. The molecule has 2 aromatic rings. The van der Waals surface area contributed by atoms with Crippen molar-refractivity contribution in [1.29, 1.82) is 0 Å². The second kappa shape index (κ2) is 7.31. The number of nitrogens with one attached hydrogen (secondary N) is 2. The Kier molecular flexibility index (Phi) is 5.17. The van der Waals surface area contributed by atoms with Gasteiger partial charge in [0.15, 0.2) is 0 Å². The van der Waals surface area contributed by atoms with Gasteiger partial charge in [-0.3, -0.25) is 0 Å². The van der Waals surface area contributed by atoms with Gasteiger partial charge in [0.05, 0.1) is 19.4 Å². The van der Waals surface area contributed by atoms with E-state index in [2.05, 4.69) is 10.6 Å². The largest absolute Gasteiger partial charge is 0.495 e. The first-order valence-corrected chi connectivity index (χ1v) is 6.59. The first kappa shape index (κ1) is 14.9. The molecule has 21 heavy (non-hydrogen) atoms. The molecule has 3 N–H and O–H groups in total. The lowest BCUT2D eigenvalue weighted by Crippen LogP contribution is -2.28. The summed E-state index contributed by atoms with van der Waals surface area (Å²) in [5.74, 6) is 0.606. The Morgan fingerprint density at radius 3 is 2.67 bits per heavy atom. The molecule has 2 rings (SSSR count). The minimum Gasteiger partial charge on any atom is -0.495 e. The van der Waals surface area contributed by atoms with Gasteiger partial charge in [-0.1, -0.05) is 36.4 Å². The summed E-state index contributed by atoms with van der Waals surface area (Å²) in [4.78, 5) is 11.9. The smallest absolute Gasteiger partial charge is 0.319 e. The third-order valence-corrected chi connectivity index (χ3v) is 2.98. The zero-order chi connectivity index (χ0) is 15.1. The van der Waals surface area contributed by atoms with Gasteiger partial charge in [0.2, 0.25) is 0 Å². The van der Waals surface area contributed by atoms with Crippen molar-refractivity contribution in [2.75, 3.05) is 12.4 Å². The van der Waals surface area contributed by atoms with Crippen molar-refractivity contribution in [2.24, 2.45) is 0 Å². The number of carbonyl (C=O) groups is 1. The van der Waals surface area contributed by atoms with Crippen LogP contribution in [-0.4, -0.2) is 18.2 Å². The average Bonchev–Trinajstić information content (AvgIpc) is 2.53. The Labute approximate surface area is 123 Å². The van der Waals surface area contributed by atoms with Crippen molar-refractivity contribution in [2.45, 2.75) is 13.2 Å². The lowest BCUT2D eigenvalue weighted by Gasteiger charge is -2.11. The van der Waals surface area contributed by atoms with E-state index in [1.54, 1.807) is 19.2 Å². The van der Waals surface area contributed by atoms with Crippen molar-refractivity contribution in [1.82, 2.24) is 5.32 Å². The molecule has 0 aliphatic rings. The predicted molar refractivity (Wildman–Crippen MR) is 81.2 cm³/mol. The fourth-order valence-corrected chi connectivity index (χ4v) is 1.93. The van der Waals surface area contributed by atoms with Crippen LogP contribution < -0.4 is 15.4 Å². The van der Waals surface area contributed by atoms with Gasteiger partial charge in [-0.15, -0.1) is 0 Å². The molecular formula is C16H18N2O3. The number of methoxy groups -OCH3 is 1. The highest BCUT2D eigenvalue weighted by Crippen LogP contribution is 2.22. The Hall–Kier alpha value is -2.53. The van der Waals surface area contributed by atoms with Crippen LogP contribution in [0.25, 0.3) is 0 Å². The van der Waals surface area contributed by atoms with Crippen LogP contribution in [0.4, 0.5) is 10.5 Å². The summed E-state index contributed by atoms with van der Waals surface area (Å²) in [6, 6.07) is 14.3. The Morgan fingerprint density at radius 2 is 1.90 bits per heavy atom. The summed E-state index contributed by atoms with van der Waals surface area (Å²) in [6.45, 7) is 0.371. The molecule has 110 valence electrons. The highest BCUT2D eigenvalue weighted by Gasteiger charge is 2.06. The molecule has 0 aromatic heterocycles. The molecule has 0 unspecified atom stereocenters. The van der Waals surface area contributed by atoms with E-state index in [1.165, 1.54) is 0 Å². The van der Waals surface area contributed by atoms with Crippen LogP contribution in [0.2, 0.25) is 0 Å². The summed E-state index contributed by atoms with van der Waals surface area (Å²) in [6.07, 6.45) is 0. The maximum Gasteiger partial charge on any atom is 0.319 e. The lowest BCUT2D eigenvalue weighted by molar-refractivity contribution is 0.251. The van der Waals surface area contributed by atoms with Gasteiger partial charge in [0.1, 0.15) is 5.75 Å². The number of hydrogen-bond donors (Lipinski definition) is 3. The first-order valence-electron chi connectivity index (χ1n) is 6.59. The number of ether oxygens (including phenoxy) is 1. The monoisotopic (exact) mass is 286 g/mol. The van der Waals surface area contributed by atoms with E-state index in [1.807, 2.05) is 36.4 Å². The fourth-order valence-electron chi connectivity index (χ4n) is 1.93. The molecule has 0 atom stereocenters. The number of carbonyl (C=O) groups excluding carboxylic acids is 1. The molecule has 0 saturated carbocycles. The van der Waals surface area contributed by atoms with Crippen LogP contribution in [0, 0.1) is 0 Å². The summed E-state index contributed by atoms with van der Waals surface area (Å²) in [7, 11) is 1.55. The number of para-hydroxylation sites is 2. The molecule has 2 aromatic carbocycles. The highest BCUT2D eigenvalue weighted by atomic mass is 16.5. The number of anilines is 1. The van der Waals surface area contributed by atoms with Crippen molar-refractivity contribution in [3.63, 3.8) is 0 Å². The number of benzene rings is 2. The quantitative estimate of drug-likeness (QED) is 0.791. The molecule has 0 radical (unpaired) electrons. The van der Waals surface area contributed by atoms with Crippen molar-refractivity contribution in [3.05, 3.63) is 59.7 Å². The van der Waals surface area contributed by atoms with Crippen LogP contribution in [0.15, 0.2) is 48.5 Å². The first-order chi connectivity index (χ1) is 10.2. The van der Waals surface area contributed by atoms with Crippen LogP contribution >= 0.6 is 0 Å². The highest BCUT2D eigenvalue weighted by molar-refractivity contribution is 5.90. The van der Waals surface area contributed by atoms with E-state index in [9.17, 15) is 4.79 Å². The molecule has 0 fully saturated rings. The average molecular weight is 286 g/mol. The Morgan fingerprint density at radius 1 is 1.14 bits per heavy atom. The molecule has 0 bridgehead atoms. The SMILES string of the molecule is COc1ccccc1NC(=O)NCc1cccc(CO)c1. The van der Waals surface area contributed by atoms with Gasteiger partial charge in [-0.25, -0.2) is 4.79 Å². The van der Waals surface area contributed by atoms with Gasteiger partial charge in [-0.2, -0.15) is 0 Å². The molecular weight excluding hydrogens is 268 g/mol. The van der Waals surface area contributed by atoms with Crippen LogP contribution in [0.1, 0.15) is 11.1 Å². The van der Waals surface area contributed by atoms with E-state index >= 15 is 0 Å². The number of rotatable bonds is 5. The zero-order valence-electron chi connectivity index (χ0n) is 11.8. The normalized spacial score (nSPS) is 10.0. The molecule has 0 aliphatic carbocycles. The lowest BCUT2D eigenvalue weighted by atomic mass is 10.1. The van der Waals surface area contributed by atoms with E-state index < -0.39 is 0 Å².